The summed E-state index contributed by atoms with van der Waals surface area (Å²) in [6.45, 7) is 1.17. The fourth-order valence-corrected chi connectivity index (χ4v) is 1.94. The van der Waals surface area contributed by atoms with Gasteiger partial charge in [0, 0.05) is 10.2 Å². The lowest BCUT2D eigenvalue weighted by atomic mass is 10.2. The quantitative estimate of drug-likeness (QED) is 0.871. The Hall–Kier alpha value is -1.32. The van der Waals surface area contributed by atoms with Crippen molar-refractivity contribution in [3.63, 3.8) is 0 Å². The van der Waals surface area contributed by atoms with Crippen LogP contribution in [0.5, 0.6) is 0 Å². The third-order valence-corrected chi connectivity index (χ3v) is 3.44. The number of rotatable bonds is 4. The van der Waals surface area contributed by atoms with Crippen LogP contribution in [0.25, 0.3) is 0 Å². The van der Waals surface area contributed by atoms with E-state index in [9.17, 15) is 0 Å². The molecule has 0 heterocycles. The molecule has 0 atom stereocenters. The molecule has 0 aromatic heterocycles. The zero-order chi connectivity index (χ0) is 12.1. The van der Waals surface area contributed by atoms with E-state index in [-0.39, 0.29) is 0 Å². The molecule has 0 saturated heterocycles. The molecular formula is C14H14BrNO. The summed E-state index contributed by atoms with van der Waals surface area (Å²) in [5.41, 5.74) is 8.79. The Balaban J connectivity index is 1.93. The van der Waals surface area contributed by atoms with Gasteiger partial charge in [0.25, 0.3) is 0 Å². The van der Waals surface area contributed by atoms with Gasteiger partial charge in [-0.3, -0.25) is 0 Å². The Kier molecular flexibility index (Phi) is 4.18. The van der Waals surface area contributed by atoms with Crippen molar-refractivity contribution in [2.75, 3.05) is 5.73 Å². The number of nitrogens with two attached hydrogens (primary N) is 1. The molecule has 88 valence electrons. The molecule has 2 aromatic carbocycles. The normalized spacial score (nSPS) is 10.4. The van der Waals surface area contributed by atoms with E-state index in [1.54, 1.807) is 0 Å². The Morgan fingerprint density at radius 2 is 1.71 bits per heavy atom. The predicted octanol–water partition coefficient (Wildman–Crippen LogP) is 3.75. The summed E-state index contributed by atoms with van der Waals surface area (Å²) in [4.78, 5) is 0. The van der Waals surface area contributed by atoms with Gasteiger partial charge in [0.1, 0.15) is 0 Å². The molecule has 2 aromatic rings. The second-order valence-corrected chi connectivity index (χ2v) is 4.59. The first-order valence-electron chi connectivity index (χ1n) is 5.42. The molecule has 2 rings (SSSR count). The lowest BCUT2D eigenvalue weighted by Crippen LogP contribution is -1.97. The van der Waals surface area contributed by atoms with E-state index in [1.807, 2.05) is 48.5 Å². The average Bonchev–Trinajstić information content (AvgIpc) is 2.36. The third kappa shape index (κ3) is 3.32. The van der Waals surface area contributed by atoms with E-state index in [1.165, 1.54) is 5.56 Å². The van der Waals surface area contributed by atoms with Crippen molar-refractivity contribution in [3.05, 3.63) is 64.1 Å². The van der Waals surface area contributed by atoms with Crippen LogP contribution in [0.15, 0.2) is 53.0 Å². The fourth-order valence-electron chi connectivity index (χ4n) is 1.56. The molecule has 3 heteroatoms. The monoisotopic (exact) mass is 291 g/mol. The summed E-state index contributed by atoms with van der Waals surface area (Å²) in [6, 6.07) is 15.9. The van der Waals surface area contributed by atoms with Crippen molar-refractivity contribution < 1.29 is 4.74 Å². The van der Waals surface area contributed by atoms with Gasteiger partial charge in [0.2, 0.25) is 0 Å². The third-order valence-electron chi connectivity index (χ3n) is 2.48. The van der Waals surface area contributed by atoms with Crippen LogP contribution in [0.4, 0.5) is 5.69 Å². The van der Waals surface area contributed by atoms with Crippen LogP contribution < -0.4 is 5.73 Å². The molecule has 0 aliphatic carbocycles. The minimum absolute atomic E-state index is 0.556. The van der Waals surface area contributed by atoms with Crippen LogP contribution in [-0.2, 0) is 18.0 Å². The first kappa shape index (κ1) is 12.1. The van der Waals surface area contributed by atoms with E-state index in [0.29, 0.717) is 13.2 Å². The molecule has 0 aliphatic heterocycles. The largest absolute Gasteiger partial charge is 0.398 e. The Morgan fingerprint density at radius 3 is 2.47 bits per heavy atom. The van der Waals surface area contributed by atoms with E-state index in [2.05, 4.69) is 15.9 Å². The fraction of sp³-hybridized carbons (Fsp3) is 0.143. The summed E-state index contributed by atoms with van der Waals surface area (Å²) in [5.74, 6) is 0. The summed E-state index contributed by atoms with van der Waals surface area (Å²) in [7, 11) is 0. The summed E-state index contributed by atoms with van der Waals surface area (Å²) in [5, 5.41) is 0. The van der Waals surface area contributed by atoms with Crippen LogP contribution in [0.1, 0.15) is 11.1 Å². The molecule has 0 bridgehead atoms. The molecule has 0 saturated carbocycles. The number of hydrogen-bond donors (Lipinski definition) is 1. The van der Waals surface area contributed by atoms with Crippen LogP contribution in [0, 0.1) is 0 Å². The molecule has 0 radical (unpaired) electrons. The van der Waals surface area contributed by atoms with Gasteiger partial charge in [-0.1, -0.05) is 42.5 Å². The number of ether oxygens (including phenoxy) is 1. The van der Waals surface area contributed by atoms with Crippen molar-refractivity contribution in [1.29, 1.82) is 0 Å². The van der Waals surface area contributed by atoms with Crippen molar-refractivity contribution in [2.45, 2.75) is 13.2 Å². The van der Waals surface area contributed by atoms with E-state index in [4.69, 9.17) is 10.5 Å². The van der Waals surface area contributed by atoms with Gasteiger partial charge in [-0.15, -0.1) is 0 Å². The summed E-state index contributed by atoms with van der Waals surface area (Å²) in [6.07, 6.45) is 0. The van der Waals surface area contributed by atoms with E-state index in [0.717, 1.165) is 15.7 Å². The summed E-state index contributed by atoms with van der Waals surface area (Å²) < 4.78 is 6.58. The zero-order valence-electron chi connectivity index (χ0n) is 9.40. The zero-order valence-corrected chi connectivity index (χ0v) is 11.0. The molecule has 0 unspecified atom stereocenters. The van der Waals surface area contributed by atoms with Crippen LogP contribution in [0.2, 0.25) is 0 Å². The molecule has 0 amide bonds. The highest BCUT2D eigenvalue weighted by Gasteiger charge is 2.02. The maximum atomic E-state index is 5.80. The second-order valence-electron chi connectivity index (χ2n) is 3.80. The van der Waals surface area contributed by atoms with Gasteiger partial charge in [-0.05, 0) is 33.1 Å². The smallest absolute Gasteiger partial charge is 0.0733 e. The standard InChI is InChI=1S/C14H14BrNO/c15-14-12(7-4-8-13(14)16)10-17-9-11-5-2-1-3-6-11/h1-8H,9-10,16H2. The van der Waals surface area contributed by atoms with Crippen molar-refractivity contribution in [3.8, 4) is 0 Å². The number of nitrogen functional groups attached to an aromatic ring is 1. The first-order valence-corrected chi connectivity index (χ1v) is 6.21. The number of anilines is 1. The number of hydrogen-bond acceptors (Lipinski definition) is 2. The minimum Gasteiger partial charge on any atom is -0.398 e. The van der Waals surface area contributed by atoms with Crippen molar-refractivity contribution in [2.24, 2.45) is 0 Å². The summed E-state index contributed by atoms with van der Waals surface area (Å²) >= 11 is 3.46. The Labute approximate surface area is 110 Å². The minimum atomic E-state index is 0.556. The van der Waals surface area contributed by atoms with Gasteiger partial charge < -0.3 is 10.5 Å². The van der Waals surface area contributed by atoms with Crippen LogP contribution >= 0.6 is 15.9 Å². The molecule has 2 N–H and O–H groups in total. The molecule has 2 nitrogen and oxygen atoms in total. The highest BCUT2D eigenvalue weighted by Crippen LogP contribution is 2.24. The van der Waals surface area contributed by atoms with Gasteiger partial charge in [0.05, 0.1) is 13.2 Å². The number of benzene rings is 2. The van der Waals surface area contributed by atoms with Crippen molar-refractivity contribution >= 4 is 21.6 Å². The highest BCUT2D eigenvalue weighted by atomic mass is 79.9. The van der Waals surface area contributed by atoms with Crippen molar-refractivity contribution in [1.82, 2.24) is 0 Å². The molecule has 0 fully saturated rings. The lowest BCUT2D eigenvalue weighted by molar-refractivity contribution is 0.107. The Morgan fingerprint density at radius 1 is 0.941 bits per heavy atom. The van der Waals surface area contributed by atoms with Gasteiger partial charge >= 0.3 is 0 Å². The van der Waals surface area contributed by atoms with Gasteiger partial charge in [-0.25, -0.2) is 0 Å². The highest BCUT2D eigenvalue weighted by molar-refractivity contribution is 9.10. The topological polar surface area (TPSA) is 35.2 Å². The number of halogens is 1. The van der Waals surface area contributed by atoms with Gasteiger partial charge in [-0.2, -0.15) is 0 Å². The maximum Gasteiger partial charge on any atom is 0.0733 e. The lowest BCUT2D eigenvalue weighted by Gasteiger charge is -2.08. The van der Waals surface area contributed by atoms with Crippen LogP contribution in [-0.4, -0.2) is 0 Å². The maximum absolute atomic E-state index is 5.80. The molecule has 0 aliphatic rings. The first-order chi connectivity index (χ1) is 8.27. The second kappa shape index (κ2) is 5.84. The molecular weight excluding hydrogens is 278 g/mol. The van der Waals surface area contributed by atoms with Crippen LogP contribution in [0.3, 0.4) is 0 Å². The van der Waals surface area contributed by atoms with E-state index >= 15 is 0 Å². The predicted molar refractivity (Wildman–Crippen MR) is 73.5 cm³/mol. The Bertz CT molecular complexity index is 485. The van der Waals surface area contributed by atoms with E-state index < -0.39 is 0 Å². The molecule has 17 heavy (non-hydrogen) atoms. The molecule has 0 spiro atoms. The van der Waals surface area contributed by atoms with Gasteiger partial charge in [0.15, 0.2) is 0 Å². The SMILES string of the molecule is Nc1cccc(COCc2ccccc2)c1Br. The average molecular weight is 292 g/mol.